The van der Waals surface area contributed by atoms with E-state index in [1.165, 1.54) is 0 Å². The Morgan fingerprint density at radius 2 is 2.16 bits per heavy atom. The molecule has 5 heteroatoms. The highest BCUT2D eigenvalue weighted by Gasteiger charge is 2.15. The number of hydrogen-bond acceptors (Lipinski definition) is 4. The van der Waals surface area contributed by atoms with E-state index in [1.807, 2.05) is 19.9 Å². The van der Waals surface area contributed by atoms with Gasteiger partial charge in [-0.1, -0.05) is 6.92 Å². The molecule has 0 unspecified atom stereocenters. The lowest BCUT2D eigenvalue weighted by Crippen LogP contribution is -2.32. The zero-order chi connectivity index (χ0) is 14.3. The van der Waals surface area contributed by atoms with Gasteiger partial charge in [0.25, 0.3) is 5.91 Å². The molecule has 5 nitrogen and oxygen atoms in total. The number of aliphatic hydroxyl groups is 1. The van der Waals surface area contributed by atoms with Crippen LogP contribution in [0.3, 0.4) is 0 Å². The molecule has 0 aliphatic rings. The topological polar surface area (TPSA) is 65.5 Å². The van der Waals surface area contributed by atoms with E-state index in [2.05, 4.69) is 10.3 Å². The Balaban J connectivity index is 2.96. The Morgan fingerprint density at radius 3 is 2.68 bits per heavy atom. The predicted octanol–water partition coefficient (Wildman–Crippen LogP) is 1.53. The van der Waals surface area contributed by atoms with E-state index in [-0.39, 0.29) is 12.5 Å². The first-order valence-electron chi connectivity index (χ1n) is 6.75. The molecule has 0 bridgehead atoms. The molecule has 0 aliphatic carbocycles. The molecule has 1 rings (SSSR count). The summed E-state index contributed by atoms with van der Waals surface area (Å²) in [7, 11) is 1.79. The van der Waals surface area contributed by atoms with Gasteiger partial charge in [-0.15, -0.1) is 0 Å². The van der Waals surface area contributed by atoms with Gasteiger partial charge < -0.3 is 15.3 Å². The molecular formula is C14H23N3O2. The standard InChI is InChI=1S/C14H23N3O2/c1-4-12-9-11(10-13(15-3)16-12)14(19)17(5-2)7-6-8-18/h9-10,18H,4-8H2,1-3H3,(H,15,16). The number of nitrogens with one attached hydrogen (secondary N) is 1. The summed E-state index contributed by atoms with van der Waals surface area (Å²) >= 11 is 0. The average molecular weight is 265 g/mol. The Kier molecular flexibility index (Phi) is 6.29. The van der Waals surface area contributed by atoms with E-state index in [4.69, 9.17) is 5.11 Å². The molecule has 1 heterocycles. The van der Waals surface area contributed by atoms with E-state index in [0.717, 1.165) is 12.1 Å². The first-order valence-corrected chi connectivity index (χ1v) is 6.75. The van der Waals surface area contributed by atoms with Crippen LogP contribution < -0.4 is 5.32 Å². The molecule has 0 saturated heterocycles. The second-order valence-corrected chi connectivity index (χ2v) is 4.30. The fraction of sp³-hybridized carbons (Fsp3) is 0.571. The quantitative estimate of drug-likeness (QED) is 0.784. The third-order valence-corrected chi connectivity index (χ3v) is 3.00. The normalized spacial score (nSPS) is 10.3. The first kappa shape index (κ1) is 15.4. The lowest BCUT2D eigenvalue weighted by molar-refractivity contribution is 0.0754. The van der Waals surface area contributed by atoms with Crippen molar-refractivity contribution in [3.8, 4) is 0 Å². The van der Waals surface area contributed by atoms with Crippen LogP contribution in [0.2, 0.25) is 0 Å². The number of anilines is 1. The van der Waals surface area contributed by atoms with Gasteiger partial charge in [-0.25, -0.2) is 4.98 Å². The van der Waals surface area contributed by atoms with Crippen molar-refractivity contribution in [3.63, 3.8) is 0 Å². The van der Waals surface area contributed by atoms with Gasteiger partial charge in [0.15, 0.2) is 0 Å². The maximum atomic E-state index is 12.4. The van der Waals surface area contributed by atoms with E-state index in [0.29, 0.717) is 30.9 Å². The molecule has 1 aromatic heterocycles. The lowest BCUT2D eigenvalue weighted by Gasteiger charge is -2.21. The van der Waals surface area contributed by atoms with Crippen molar-refractivity contribution in [1.29, 1.82) is 0 Å². The summed E-state index contributed by atoms with van der Waals surface area (Å²) < 4.78 is 0. The lowest BCUT2D eigenvalue weighted by atomic mass is 10.1. The number of rotatable bonds is 7. The molecule has 0 aliphatic heterocycles. The molecular weight excluding hydrogens is 242 g/mol. The number of amides is 1. The largest absolute Gasteiger partial charge is 0.396 e. The summed E-state index contributed by atoms with van der Waals surface area (Å²) in [4.78, 5) is 18.5. The minimum Gasteiger partial charge on any atom is -0.396 e. The maximum Gasteiger partial charge on any atom is 0.254 e. The van der Waals surface area contributed by atoms with Crippen LogP contribution in [-0.4, -0.2) is 47.6 Å². The van der Waals surface area contributed by atoms with Crippen LogP contribution in [0.25, 0.3) is 0 Å². The van der Waals surface area contributed by atoms with E-state index < -0.39 is 0 Å². The molecule has 0 fully saturated rings. The summed E-state index contributed by atoms with van der Waals surface area (Å²) in [6.45, 7) is 5.26. The molecule has 0 saturated carbocycles. The average Bonchev–Trinajstić information content (AvgIpc) is 2.47. The van der Waals surface area contributed by atoms with Gasteiger partial charge in [-0.2, -0.15) is 0 Å². The van der Waals surface area contributed by atoms with Gasteiger partial charge >= 0.3 is 0 Å². The molecule has 1 aromatic rings. The fourth-order valence-corrected chi connectivity index (χ4v) is 1.87. The first-order chi connectivity index (χ1) is 9.15. The zero-order valence-corrected chi connectivity index (χ0v) is 11.9. The Hall–Kier alpha value is -1.62. The third-order valence-electron chi connectivity index (χ3n) is 3.00. The minimum absolute atomic E-state index is 0.00968. The predicted molar refractivity (Wildman–Crippen MR) is 76.4 cm³/mol. The van der Waals surface area contributed by atoms with Crippen LogP contribution in [0.4, 0.5) is 5.82 Å². The third kappa shape index (κ3) is 4.21. The number of nitrogens with zero attached hydrogens (tertiary/aromatic N) is 2. The molecule has 0 atom stereocenters. The van der Waals surface area contributed by atoms with Crippen LogP contribution in [0, 0.1) is 0 Å². The highest BCUT2D eigenvalue weighted by Crippen LogP contribution is 2.13. The van der Waals surface area contributed by atoms with Crippen LogP contribution >= 0.6 is 0 Å². The smallest absolute Gasteiger partial charge is 0.254 e. The van der Waals surface area contributed by atoms with Gasteiger partial charge in [0, 0.05) is 38.0 Å². The molecule has 106 valence electrons. The number of pyridine rings is 1. The Labute approximate surface area is 114 Å². The van der Waals surface area contributed by atoms with Crippen molar-refractivity contribution in [1.82, 2.24) is 9.88 Å². The summed E-state index contributed by atoms with van der Waals surface area (Å²) in [6, 6.07) is 3.61. The second-order valence-electron chi connectivity index (χ2n) is 4.30. The zero-order valence-electron chi connectivity index (χ0n) is 11.9. The Bertz CT molecular complexity index is 399. The molecule has 2 N–H and O–H groups in total. The Morgan fingerprint density at radius 1 is 1.42 bits per heavy atom. The minimum atomic E-state index is -0.00968. The number of carbonyl (C=O) groups excluding carboxylic acids is 1. The molecule has 0 radical (unpaired) electrons. The fourth-order valence-electron chi connectivity index (χ4n) is 1.87. The summed E-state index contributed by atoms with van der Waals surface area (Å²) in [6.07, 6.45) is 1.39. The van der Waals surface area contributed by atoms with Gasteiger partial charge in [-0.05, 0) is 31.9 Å². The number of aryl methyl sites for hydroxylation is 1. The van der Waals surface area contributed by atoms with Gasteiger partial charge in [0.1, 0.15) is 5.82 Å². The number of carbonyl (C=O) groups is 1. The monoisotopic (exact) mass is 265 g/mol. The second kappa shape index (κ2) is 7.74. The number of aromatic nitrogens is 1. The molecule has 0 aromatic carbocycles. The maximum absolute atomic E-state index is 12.4. The molecule has 1 amide bonds. The highest BCUT2D eigenvalue weighted by molar-refractivity contribution is 5.95. The van der Waals surface area contributed by atoms with Crippen molar-refractivity contribution in [2.75, 3.05) is 32.1 Å². The highest BCUT2D eigenvalue weighted by atomic mass is 16.3. The van der Waals surface area contributed by atoms with Crippen molar-refractivity contribution in [2.24, 2.45) is 0 Å². The SMILES string of the molecule is CCc1cc(C(=O)N(CC)CCCO)cc(NC)n1. The summed E-state index contributed by atoms with van der Waals surface area (Å²) in [5.41, 5.74) is 1.55. The molecule has 19 heavy (non-hydrogen) atoms. The number of aliphatic hydroxyl groups excluding tert-OH is 1. The van der Waals surface area contributed by atoms with Crippen molar-refractivity contribution >= 4 is 11.7 Å². The van der Waals surface area contributed by atoms with Gasteiger partial charge in [0.2, 0.25) is 0 Å². The van der Waals surface area contributed by atoms with Crippen LogP contribution in [0.1, 0.15) is 36.3 Å². The van der Waals surface area contributed by atoms with E-state index >= 15 is 0 Å². The van der Waals surface area contributed by atoms with Crippen LogP contribution in [0.5, 0.6) is 0 Å². The van der Waals surface area contributed by atoms with Crippen molar-refractivity contribution < 1.29 is 9.90 Å². The summed E-state index contributed by atoms with van der Waals surface area (Å²) in [5, 5.41) is 11.8. The number of hydrogen-bond donors (Lipinski definition) is 2. The van der Waals surface area contributed by atoms with Crippen molar-refractivity contribution in [2.45, 2.75) is 26.7 Å². The molecule has 0 spiro atoms. The van der Waals surface area contributed by atoms with Crippen LogP contribution in [-0.2, 0) is 6.42 Å². The summed E-state index contributed by atoms with van der Waals surface area (Å²) in [5.74, 6) is 0.700. The van der Waals surface area contributed by atoms with Gasteiger partial charge in [0.05, 0.1) is 0 Å². The van der Waals surface area contributed by atoms with Gasteiger partial charge in [-0.3, -0.25) is 4.79 Å². The van der Waals surface area contributed by atoms with E-state index in [1.54, 1.807) is 18.0 Å². The van der Waals surface area contributed by atoms with Crippen LogP contribution in [0.15, 0.2) is 12.1 Å². The van der Waals surface area contributed by atoms with E-state index in [9.17, 15) is 4.79 Å². The van der Waals surface area contributed by atoms with Crippen molar-refractivity contribution in [3.05, 3.63) is 23.4 Å².